The van der Waals surface area contributed by atoms with Crippen LogP contribution in [0.2, 0.25) is 0 Å². The number of anilines is 1. The van der Waals surface area contributed by atoms with Crippen LogP contribution in [0.3, 0.4) is 0 Å². The molecule has 1 aliphatic carbocycles. The summed E-state index contributed by atoms with van der Waals surface area (Å²) in [4.78, 5) is 4.78. The molecular formula is C17H21N3O. The van der Waals surface area contributed by atoms with Gasteiger partial charge in [0.2, 0.25) is 0 Å². The van der Waals surface area contributed by atoms with Crippen LogP contribution >= 0.6 is 0 Å². The van der Waals surface area contributed by atoms with Gasteiger partial charge in [-0.05, 0) is 37.5 Å². The number of imidazole rings is 1. The van der Waals surface area contributed by atoms with Crippen LogP contribution in [0.25, 0.3) is 17.5 Å². The Hall–Kier alpha value is -1.97. The van der Waals surface area contributed by atoms with E-state index in [-0.39, 0.29) is 0 Å². The SMILES string of the molecule is C1=Cc2nc(-c3ccco3)c(NC3CCCCC3)n2CC1. The first kappa shape index (κ1) is 12.7. The van der Waals surface area contributed by atoms with Crippen molar-refractivity contribution in [1.29, 1.82) is 0 Å². The van der Waals surface area contributed by atoms with Gasteiger partial charge in [0.1, 0.15) is 17.3 Å². The predicted molar refractivity (Wildman–Crippen MR) is 84.1 cm³/mol. The van der Waals surface area contributed by atoms with Crippen molar-refractivity contribution in [3.8, 4) is 11.5 Å². The lowest BCUT2D eigenvalue weighted by atomic mass is 9.95. The second-order valence-electron chi connectivity index (χ2n) is 5.97. The van der Waals surface area contributed by atoms with E-state index in [1.54, 1.807) is 6.26 Å². The van der Waals surface area contributed by atoms with Gasteiger partial charge >= 0.3 is 0 Å². The Balaban J connectivity index is 1.72. The number of furan rings is 1. The van der Waals surface area contributed by atoms with Crippen molar-refractivity contribution in [2.24, 2.45) is 0 Å². The minimum absolute atomic E-state index is 0.569. The number of nitrogens with one attached hydrogen (secondary N) is 1. The molecule has 2 aromatic rings. The number of rotatable bonds is 3. The van der Waals surface area contributed by atoms with Gasteiger partial charge in [-0.2, -0.15) is 0 Å². The summed E-state index contributed by atoms with van der Waals surface area (Å²) in [5, 5.41) is 3.75. The molecule has 4 heteroatoms. The average Bonchev–Trinajstić information content (AvgIpc) is 3.16. The molecule has 1 fully saturated rings. The van der Waals surface area contributed by atoms with Crippen LogP contribution in [-0.2, 0) is 6.54 Å². The average molecular weight is 283 g/mol. The number of hydrogen-bond donors (Lipinski definition) is 1. The minimum Gasteiger partial charge on any atom is -0.463 e. The third-order valence-corrected chi connectivity index (χ3v) is 4.48. The molecular weight excluding hydrogens is 262 g/mol. The molecule has 0 spiro atoms. The highest BCUT2D eigenvalue weighted by Crippen LogP contribution is 2.33. The van der Waals surface area contributed by atoms with Crippen LogP contribution in [0.4, 0.5) is 5.82 Å². The first-order chi connectivity index (χ1) is 10.4. The molecule has 0 bridgehead atoms. The molecule has 2 aliphatic rings. The molecule has 21 heavy (non-hydrogen) atoms. The lowest BCUT2D eigenvalue weighted by Crippen LogP contribution is -2.24. The molecule has 3 heterocycles. The van der Waals surface area contributed by atoms with Gasteiger partial charge in [-0.25, -0.2) is 4.98 Å². The summed E-state index contributed by atoms with van der Waals surface area (Å²) < 4.78 is 7.89. The van der Waals surface area contributed by atoms with Crippen LogP contribution in [0, 0.1) is 0 Å². The van der Waals surface area contributed by atoms with E-state index in [1.807, 2.05) is 12.1 Å². The van der Waals surface area contributed by atoms with Crippen LogP contribution in [0.1, 0.15) is 44.3 Å². The molecule has 0 amide bonds. The van der Waals surface area contributed by atoms with Gasteiger partial charge in [0.05, 0.1) is 6.26 Å². The number of fused-ring (bicyclic) bond motifs is 1. The molecule has 4 rings (SSSR count). The fraction of sp³-hybridized carbons (Fsp3) is 0.471. The third kappa shape index (κ3) is 2.39. The Morgan fingerprint density at radius 1 is 1.24 bits per heavy atom. The van der Waals surface area contributed by atoms with Gasteiger partial charge < -0.3 is 14.3 Å². The standard InChI is InChI=1S/C17H21N3O/c1-2-7-13(8-3-1)18-17-16(14-9-6-12-21-14)19-15-10-4-5-11-20(15)17/h4,6,9-10,12-13,18H,1-3,5,7-8,11H2. The lowest BCUT2D eigenvalue weighted by Gasteiger charge is -2.25. The van der Waals surface area contributed by atoms with E-state index in [0.717, 1.165) is 36.1 Å². The van der Waals surface area contributed by atoms with E-state index in [0.29, 0.717) is 6.04 Å². The molecule has 1 aliphatic heterocycles. The van der Waals surface area contributed by atoms with Crippen LogP contribution in [0.5, 0.6) is 0 Å². The molecule has 0 atom stereocenters. The van der Waals surface area contributed by atoms with Crippen molar-refractivity contribution < 1.29 is 4.42 Å². The van der Waals surface area contributed by atoms with E-state index in [2.05, 4.69) is 22.0 Å². The van der Waals surface area contributed by atoms with E-state index >= 15 is 0 Å². The highest BCUT2D eigenvalue weighted by Gasteiger charge is 2.23. The summed E-state index contributed by atoms with van der Waals surface area (Å²) in [6.45, 7) is 0.995. The smallest absolute Gasteiger partial charge is 0.156 e. The highest BCUT2D eigenvalue weighted by molar-refractivity contribution is 5.71. The Kier molecular flexibility index (Phi) is 3.30. The van der Waals surface area contributed by atoms with Crippen molar-refractivity contribution in [2.75, 3.05) is 5.32 Å². The Morgan fingerprint density at radius 2 is 2.14 bits per heavy atom. The monoisotopic (exact) mass is 283 g/mol. The normalized spacial score (nSPS) is 18.7. The van der Waals surface area contributed by atoms with Crippen molar-refractivity contribution in [2.45, 2.75) is 51.1 Å². The topological polar surface area (TPSA) is 43.0 Å². The predicted octanol–water partition coefficient (Wildman–Crippen LogP) is 4.30. The summed E-state index contributed by atoms with van der Waals surface area (Å²) in [7, 11) is 0. The Labute approximate surface area is 124 Å². The van der Waals surface area contributed by atoms with Gasteiger partial charge in [0, 0.05) is 12.6 Å². The lowest BCUT2D eigenvalue weighted by molar-refractivity contribution is 0.460. The Morgan fingerprint density at radius 3 is 2.95 bits per heavy atom. The molecule has 2 aromatic heterocycles. The van der Waals surface area contributed by atoms with Crippen molar-refractivity contribution in [3.63, 3.8) is 0 Å². The van der Waals surface area contributed by atoms with Gasteiger partial charge in [0.15, 0.2) is 5.76 Å². The van der Waals surface area contributed by atoms with Crippen molar-refractivity contribution >= 4 is 11.9 Å². The largest absolute Gasteiger partial charge is 0.463 e. The van der Waals surface area contributed by atoms with Gasteiger partial charge in [0.25, 0.3) is 0 Å². The van der Waals surface area contributed by atoms with E-state index in [4.69, 9.17) is 9.40 Å². The molecule has 1 N–H and O–H groups in total. The number of nitrogens with zero attached hydrogens (tertiary/aromatic N) is 2. The van der Waals surface area contributed by atoms with E-state index < -0.39 is 0 Å². The zero-order valence-electron chi connectivity index (χ0n) is 12.2. The number of hydrogen-bond acceptors (Lipinski definition) is 3. The maximum absolute atomic E-state index is 5.59. The molecule has 1 saturated carbocycles. The zero-order chi connectivity index (χ0) is 14.1. The number of aromatic nitrogens is 2. The first-order valence-electron chi connectivity index (χ1n) is 7.99. The second kappa shape index (κ2) is 5.43. The van der Waals surface area contributed by atoms with Crippen LogP contribution in [-0.4, -0.2) is 15.6 Å². The first-order valence-corrected chi connectivity index (χ1v) is 7.99. The summed E-state index contributed by atoms with van der Waals surface area (Å²) in [6, 6.07) is 4.48. The fourth-order valence-electron chi connectivity index (χ4n) is 3.39. The van der Waals surface area contributed by atoms with Crippen molar-refractivity contribution in [1.82, 2.24) is 9.55 Å². The maximum Gasteiger partial charge on any atom is 0.156 e. The third-order valence-electron chi connectivity index (χ3n) is 4.48. The fourth-order valence-corrected chi connectivity index (χ4v) is 3.39. The molecule has 0 saturated heterocycles. The van der Waals surface area contributed by atoms with Gasteiger partial charge in [-0.15, -0.1) is 0 Å². The molecule has 4 nitrogen and oxygen atoms in total. The van der Waals surface area contributed by atoms with E-state index in [9.17, 15) is 0 Å². The molecule has 0 unspecified atom stereocenters. The quantitative estimate of drug-likeness (QED) is 0.913. The summed E-state index contributed by atoms with van der Waals surface area (Å²) in [5.74, 6) is 3.02. The maximum atomic E-state index is 5.59. The van der Waals surface area contributed by atoms with Gasteiger partial charge in [-0.1, -0.05) is 25.3 Å². The molecule has 110 valence electrons. The van der Waals surface area contributed by atoms with Crippen molar-refractivity contribution in [3.05, 3.63) is 30.3 Å². The second-order valence-corrected chi connectivity index (χ2v) is 5.97. The molecule has 0 aromatic carbocycles. The van der Waals surface area contributed by atoms with Crippen LogP contribution < -0.4 is 5.32 Å². The Bertz CT molecular complexity index is 633. The van der Waals surface area contributed by atoms with Gasteiger partial charge in [-0.3, -0.25) is 0 Å². The van der Waals surface area contributed by atoms with Crippen LogP contribution in [0.15, 0.2) is 28.9 Å². The molecule has 0 radical (unpaired) electrons. The summed E-state index contributed by atoms with van der Waals surface area (Å²) in [5.41, 5.74) is 0.951. The highest BCUT2D eigenvalue weighted by atomic mass is 16.3. The summed E-state index contributed by atoms with van der Waals surface area (Å²) >= 11 is 0. The minimum atomic E-state index is 0.569. The number of allylic oxidation sites excluding steroid dienone is 1. The van der Waals surface area contributed by atoms with E-state index in [1.165, 1.54) is 32.1 Å². The zero-order valence-corrected chi connectivity index (χ0v) is 12.2. The summed E-state index contributed by atoms with van der Waals surface area (Å²) in [6.07, 6.45) is 13.6.